The maximum absolute atomic E-state index is 12.1. The van der Waals surface area contributed by atoms with E-state index in [1.54, 1.807) is 36.4 Å². The summed E-state index contributed by atoms with van der Waals surface area (Å²) in [6.07, 6.45) is 3.16. The Labute approximate surface area is 130 Å². The highest BCUT2D eigenvalue weighted by molar-refractivity contribution is 6.07. The molecular weight excluding hydrogens is 278 g/mol. The third-order valence-corrected chi connectivity index (χ3v) is 3.30. The van der Waals surface area contributed by atoms with Gasteiger partial charge in [-0.3, -0.25) is 4.79 Å². The van der Waals surface area contributed by atoms with E-state index < -0.39 is 0 Å². The second-order valence-corrected chi connectivity index (χ2v) is 5.07. The molecule has 0 radical (unpaired) electrons. The van der Waals surface area contributed by atoms with E-state index in [-0.39, 0.29) is 11.5 Å². The quantitative estimate of drug-likeness (QED) is 0.679. The van der Waals surface area contributed by atoms with Crippen molar-refractivity contribution in [2.24, 2.45) is 0 Å². The number of anilines is 1. The van der Waals surface area contributed by atoms with Gasteiger partial charge in [-0.1, -0.05) is 12.1 Å². The molecule has 0 bridgehead atoms. The maximum Gasteiger partial charge on any atom is 0.185 e. The number of carbonyl (C=O) groups excluding carboxylic acids is 1. The van der Waals surface area contributed by atoms with Crippen LogP contribution in [0.5, 0.6) is 11.5 Å². The number of hydrogen-bond donors (Lipinski definition) is 1. The fourth-order valence-corrected chi connectivity index (χ4v) is 2.00. The van der Waals surface area contributed by atoms with Crippen molar-refractivity contribution in [1.82, 2.24) is 0 Å². The van der Waals surface area contributed by atoms with Gasteiger partial charge in [0, 0.05) is 25.3 Å². The number of nitrogens with zero attached hydrogens (tertiary/aromatic N) is 1. The van der Waals surface area contributed by atoms with Gasteiger partial charge in [-0.25, -0.2) is 0 Å². The number of ketones is 1. The number of benzene rings is 2. The minimum absolute atomic E-state index is 0.0486. The third kappa shape index (κ3) is 3.67. The van der Waals surface area contributed by atoms with Crippen LogP contribution in [0.1, 0.15) is 15.9 Å². The van der Waals surface area contributed by atoms with Gasteiger partial charge >= 0.3 is 0 Å². The number of ether oxygens (including phenoxy) is 1. The van der Waals surface area contributed by atoms with Gasteiger partial charge < -0.3 is 14.7 Å². The van der Waals surface area contributed by atoms with Crippen LogP contribution in [0.15, 0.2) is 48.5 Å². The SMILES string of the molecule is COc1ccc(C=CC(=O)c2ccc(N(C)C)cc2)cc1O. The molecule has 0 aliphatic heterocycles. The second kappa shape index (κ2) is 6.80. The average Bonchev–Trinajstić information content (AvgIpc) is 2.52. The average molecular weight is 297 g/mol. The molecule has 0 fully saturated rings. The lowest BCUT2D eigenvalue weighted by Gasteiger charge is -2.11. The van der Waals surface area contributed by atoms with E-state index in [0.29, 0.717) is 11.3 Å². The lowest BCUT2D eigenvalue weighted by molar-refractivity contribution is 0.104. The Morgan fingerprint density at radius 1 is 1.14 bits per heavy atom. The molecule has 0 heterocycles. The number of phenolic OH excluding ortho intramolecular Hbond substituents is 1. The molecule has 0 amide bonds. The number of rotatable bonds is 5. The molecule has 0 saturated heterocycles. The normalized spacial score (nSPS) is 10.7. The third-order valence-electron chi connectivity index (χ3n) is 3.30. The Balaban J connectivity index is 2.12. The van der Waals surface area contributed by atoms with Gasteiger partial charge in [-0.2, -0.15) is 0 Å². The summed E-state index contributed by atoms with van der Waals surface area (Å²) in [5.41, 5.74) is 2.40. The molecule has 0 aromatic heterocycles. The van der Waals surface area contributed by atoms with Crippen molar-refractivity contribution in [3.8, 4) is 11.5 Å². The summed E-state index contributed by atoms with van der Waals surface area (Å²) >= 11 is 0. The molecule has 2 rings (SSSR count). The Morgan fingerprint density at radius 3 is 2.36 bits per heavy atom. The highest BCUT2D eigenvalue weighted by Gasteiger charge is 2.04. The summed E-state index contributed by atoms with van der Waals surface area (Å²) in [6.45, 7) is 0. The summed E-state index contributed by atoms with van der Waals surface area (Å²) in [4.78, 5) is 14.1. The Kier molecular flexibility index (Phi) is 4.84. The first-order chi connectivity index (χ1) is 10.5. The van der Waals surface area contributed by atoms with Gasteiger partial charge in [-0.05, 0) is 48.0 Å². The van der Waals surface area contributed by atoms with E-state index in [1.165, 1.54) is 13.2 Å². The summed E-state index contributed by atoms with van der Waals surface area (Å²) < 4.78 is 4.98. The Bertz CT molecular complexity index is 688. The minimum Gasteiger partial charge on any atom is -0.504 e. The number of allylic oxidation sites excluding steroid dienone is 1. The zero-order valence-electron chi connectivity index (χ0n) is 12.9. The van der Waals surface area contributed by atoms with Gasteiger partial charge in [0.05, 0.1) is 7.11 Å². The van der Waals surface area contributed by atoms with Crippen LogP contribution in [-0.2, 0) is 0 Å². The predicted octanol–water partition coefficient (Wildman–Crippen LogP) is 3.36. The van der Waals surface area contributed by atoms with Crippen LogP contribution in [0.4, 0.5) is 5.69 Å². The number of hydrogen-bond acceptors (Lipinski definition) is 4. The summed E-state index contributed by atoms with van der Waals surface area (Å²) in [7, 11) is 5.39. The van der Waals surface area contributed by atoms with Crippen molar-refractivity contribution in [3.05, 3.63) is 59.7 Å². The first kappa shape index (κ1) is 15.6. The zero-order valence-corrected chi connectivity index (χ0v) is 12.9. The molecule has 0 unspecified atom stereocenters. The van der Waals surface area contributed by atoms with Crippen molar-refractivity contribution in [2.45, 2.75) is 0 Å². The van der Waals surface area contributed by atoms with Gasteiger partial charge in [0.15, 0.2) is 17.3 Å². The van der Waals surface area contributed by atoms with E-state index >= 15 is 0 Å². The van der Waals surface area contributed by atoms with E-state index in [2.05, 4.69) is 0 Å². The summed E-state index contributed by atoms with van der Waals surface area (Å²) in [5, 5.41) is 9.71. The lowest BCUT2D eigenvalue weighted by Crippen LogP contribution is -2.08. The number of methoxy groups -OCH3 is 1. The lowest BCUT2D eigenvalue weighted by atomic mass is 10.1. The minimum atomic E-state index is -0.0828. The van der Waals surface area contributed by atoms with Crippen molar-refractivity contribution in [1.29, 1.82) is 0 Å². The molecule has 1 N–H and O–H groups in total. The standard InChI is InChI=1S/C18H19NO3/c1-19(2)15-8-6-14(7-9-15)16(20)10-4-13-5-11-18(22-3)17(21)12-13/h4-12,21H,1-3H3. The molecule has 0 spiro atoms. The number of aromatic hydroxyl groups is 1. The van der Waals surface area contributed by atoms with Gasteiger partial charge in [0.2, 0.25) is 0 Å². The Morgan fingerprint density at radius 2 is 1.82 bits per heavy atom. The molecule has 22 heavy (non-hydrogen) atoms. The van der Waals surface area contributed by atoms with Gasteiger partial charge in [0.1, 0.15) is 0 Å². The number of phenols is 1. The smallest absolute Gasteiger partial charge is 0.185 e. The van der Waals surface area contributed by atoms with Crippen LogP contribution in [-0.4, -0.2) is 32.1 Å². The van der Waals surface area contributed by atoms with Crippen LogP contribution in [0, 0.1) is 0 Å². The van der Waals surface area contributed by atoms with Crippen LogP contribution in [0.2, 0.25) is 0 Å². The molecule has 4 heteroatoms. The van der Waals surface area contributed by atoms with Crippen LogP contribution < -0.4 is 9.64 Å². The van der Waals surface area contributed by atoms with Crippen molar-refractivity contribution < 1.29 is 14.6 Å². The largest absolute Gasteiger partial charge is 0.504 e. The fraction of sp³-hybridized carbons (Fsp3) is 0.167. The Hall–Kier alpha value is -2.75. The van der Waals surface area contributed by atoms with E-state index in [4.69, 9.17) is 4.74 Å². The topological polar surface area (TPSA) is 49.8 Å². The van der Waals surface area contributed by atoms with E-state index in [0.717, 1.165) is 11.3 Å². The molecule has 0 aliphatic carbocycles. The molecule has 0 aliphatic rings. The molecule has 0 saturated carbocycles. The van der Waals surface area contributed by atoms with Crippen molar-refractivity contribution in [2.75, 3.05) is 26.1 Å². The molecule has 4 nitrogen and oxygen atoms in total. The molecule has 114 valence electrons. The predicted molar refractivity (Wildman–Crippen MR) is 88.8 cm³/mol. The molecule has 2 aromatic carbocycles. The monoisotopic (exact) mass is 297 g/mol. The zero-order chi connectivity index (χ0) is 16.1. The van der Waals surface area contributed by atoms with Crippen LogP contribution in [0.25, 0.3) is 6.08 Å². The second-order valence-electron chi connectivity index (χ2n) is 5.07. The summed E-state index contributed by atoms with van der Waals surface area (Å²) in [6, 6.07) is 12.4. The summed E-state index contributed by atoms with van der Waals surface area (Å²) in [5.74, 6) is 0.371. The van der Waals surface area contributed by atoms with Crippen LogP contribution >= 0.6 is 0 Å². The van der Waals surface area contributed by atoms with Crippen LogP contribution in [0.3, 0.4) is 0 Å². The van der Waals surface area contributed by atoms with Gasteiger partial charge in [0.25, 0.3) is 0 Å². The molecule has 0 atom stereocenters. The fourth-order valence-electron chi connectivity index (χ4n) is 2.00. The maximum atomic E-state index is 12.1. The molecular formula is C18H19NO3. The molecule has 2 aromatic rings. The van der Waals surface area contributed by atoms with E-state index in [1.807, 2.05) is 31.1 Å². The number of carbonyl (C=O) groups is 1. The highest BCUT2D eigenvalue weighted by Crippen LogP contribution is 2.26. The first-order valence-electron chi connectivity index (χ1n) is 6.88. The van der Waals surface area contributed by atoms with Crippen molar-refractivity contribution in [3.63, 3.8) is 0 Å². The highest BCUT2D eigenvalue weighted by atomic mass is 16.5. The van der Waals surface area contributed by atoms with Crippen molar-refractivity contribution >= 4 is 17.5 Å². The first-order valence-corrected chi connectivity index (χ1v) is 6.88. The van der Waals surface area contributed by atoms with Gasteiger partial charge in [-0.15, -0.1) is 0 Å². The van der Waals surface area contributed by atoms with E-state index in [9.17, 15) is 9.90 Å².